The van der Waals surface area contributed by atoms with Gasteiger partial charge in [-0.2, -0.15) is 5.26 Å². The van der Waals surface area contributed by atoms with E-state index < -0.39 is 39.8 Å². The van der Waals surface area contributed by atoms with Crippen LogP contribution in [0.25, 0.3) is 0 Å². The molecule has 0 saturated carbocycles. The minimum Gasteiger partial charge on any atom is -0.478 e. The Bertz CT molecular complexity index is 538. The van der Waals surface area contributed by atoms with Gasteiger partial charge in [-0.25, -0.2) is 13.6 Å². The van der Waals surface area contributed by atoms with Crippen molar-refractivity contribution in [2.24, 2.45) is 0 Å². The first-order valence-electron chi connectivity index (χ1n) is 3.99. The van der Waals surface area contributed by atoms with Crippen LogP contribution in [-0.4, -0.2) is 21.0 Å². The van der Waals surface area contributed by atoms with Gasteiger partial charge in [0, 0.05) is 0 Å². The molecule has 17 heavy (non-hydrogen) atoms. The van der Waals surface area contributed by atoms with E-state index in [1.54, 1.807) is 0 Å². The van der Waals surface area contributed by atoms with E-state index in [2.05, 4.69) is 4.98 Å². The maximum absolute atomic E-state index is 12.6. The fourth-order valence-corrected chi connectivity index (χ4v) is 1.18. The molecule has 1 rings (SSSR count). The largest absolute Gasteiger partial charge is 0.478 e. The number of nitrogens with zero attached hydrogens (tertiary/aromatic N) is 3. The Morgan fingerprint density at radius 2 is 2.24 bits per heavy atom. The molecule has 7 nitrogen and oxygen atoms in total. The van der Waals surface area contributed by atoms with Crippen LogP contribution in [0, 0.1) is 21.4 Å². The van der Waals surface area contributed by atoms with Crippen LogP contribution < -0.4 is 0 Å². The molecule has 0 saturated heterocycles. The van der Waals surface area contributed by atoms with Crippen LogP contribution in [0.15, 0.2) is 6.20 Å². The maximum atomic E-state index is 12.6. The highest BCUT2D eigenvalue weighted by molar-refractivity contribution is 5.93. The van der Waals surface area contributed by atoms with Crippen LogP contribution in [0.3, 0.4) is 0 Å². The third kappa shape index (κ3) is 2.15. The van der Waals surface area contributed by atoms with E-state index in [0.717, 1.165) is 0 Å². The number of carboxylic acids is 1. The lowest BCUT2D eigenvalue weighted by Crippen LogP contribution is -2.11. The van der Waals surface area contributed by atoms with Crippen LogP contribution in [0.1, 0.15) is 27.9 Å². The van der Waals surface area contributed by atoms with Gasteiger partial charge in [0.05, 0.1) is 5.56 Å². The SMILES string of the molecule is N#Cc1cnc([N+](=O)[O-])c(C(F)F)c1C(=O)O. The van der Waals surface area contributed by atoms with Crippen molar-refractivity contribution < 1.29 is 23.6 Å². The molecule has 0 aromatic carbocycles. The number of halogens is 2. The van der Waals surface area contributed by atoms with Crippen LogP contribution in [0.4, 0.5) is 14.6 Å². The van der Waals surface area contributed by atoms with E-state index >= 15 is 0 Å². The number of aromatic carboxylic acids is 1. The quantitative estimate of drug-likeness (QED) is 0.634. The number of hydrogen-bond acceptors (Lipinski definition) is 5. The Hall–Kier alpha value is -2.63. The summed E-state index contributed by atoms with van der Waals surface area (Å²) >= 11 is 0. The number of alkyl halides is 2. The van der Waals surface area contributed by atoms with Gasteiger partial charge in [0.2, 0.25) is 0 Å². The first-order valence-corrected chi connectivity index (χ1v) is 3.99. The molecule has 0 spiro atoms. The zero-order chi connectivity index (χ0) is 13.2. The molecule has 88 valence electrons. The number of nitro groups is 1. The van der Waals surface area contributed by atoms with Gasteiger partial charge in [0.15, 0.2) is 6.20 Å². The smallest absolute Gasteiger partial charge is 0.373 e. The van der Waals surface area contributed by atoms with E-state index in [1.807, 2.05) is 0 Å². The second kappa shape index (κ2) is 4.48. The van der Waals surface area contributed by atoms with E-state index in [0.29, 0.717) is 6.20 Å². The summed E-state index contributed by atoms with van der Waals surface area (Å²) in [5.41, 5.74) is -3.11. The van der Waals surface area contributed by atoms with Crippen molar-refractivity contribution >= 4 is 11.8 Å². The monoisotopic (exact) mass is 243 g/mol. The van der Waals surface area contributed by atoms with Crippen LogP contribution in [-0.2, 0) is 0 Å². The Kier molecular flexibility index (Phi) is 3.28. The minimum absolute atomic E-state index is 0.577. The third-order valence-corrected chi connectivity index (χ3v) is 1.82. The van der Waals surface area contributed by atoms with Crippen molar-refractivity contribution in [2.75, 3.05) is 0 Å². The second-order valence-electron chi connectivity index (χ2n) is 2.76. The molecule has 0 aliphatic carbocycles. The van der Waals surface area contributed by atoms with Gasteiger partial charge < -0.3 is 15.2 Å². The zero-order valence-corrected chi connectivity index (χ0v) is 7.92. The summed E-state index contributed by atoms with van der Waals surface area (Å²) in [6.07, 6.45) is -2.84. The summed E-state index contributed by atoms with van der Waals surface area (Å²) in [6, 6.07) is 1.34. The summed E-state index contributed by atoms with van der Waals surface area (Å²) in [5, 5.41) is 27.7. The second-order valence-corrected chi connectivity index (χ2v) is 2.76. The van der Waals surface area contributed by atoms with Gasteiger partial charge in [0.25, 0.3) is 6.43 Å². The third-order valence-electron chi connectivity index (χ3n) is 1.82. The highest BCUT2D eigenvalue weighted by Gasteiger charge is 2.32. The summed E-state index contributed by atoms with van der Waals surface area (Å²) in [4.78, 5) is 23.0. The summed E-state index contributed by atoms with van der Waals surface area (Å²) in [6.45, 7) is 0. The predicted octanol–water partition coefficient (Wildman–Crippen LogP) is 1.50. The standard InChI is InChI=1S/C8H3F2N3O4/c9-6(10)5-4(8(14)15)3(1-11)2-12-7(5)13(16)17/h2,6H,(H,14,15). The van der Waals surface area contributed by atoms with Gasteiger partial charge in [0.1, 0.15) is 17.2 Å². The molecule has 0 aliphatic rings. The molecular formula is C8H3F2N3O4. The minimum atomic E-state index is -3.41. The molecule has 0 fully saturated rings. The molecule has 0 radical (unpaired) electrons. The van der Waals surface area contributed by atoms with Crippen molar-refractivity contribution in [1.29, 1.82) is 5.26 Å². The summed E-state index contributed by atoms with van der Waals surface area (Å²) in [5.74, 6) is -3.11. The van der Waals surface area contributed by atoms with Gasteiger partial charge in [-0.1, -0.05) is 0 Å². The maximum Gasteiger partial charge on any atom is 0.373 e. The fourth-order valence-electron chi connectivity index (χ4n) is 1.18. The van der Waals surface area contributed by atoms with E-state index in [1.165, 1.54) is 6.07 Å². The van der Waals surface area contributed by atoms with Crippen molar-refractivity contribution in [3.63, 3.8) is 0 Å². The fraction of sp³-hybridized carbons (Fsp3) is 0.125. The Morgan fingerprint density at radius 1 is 1.65 bits per heavy atom. The number of carboxylic acid groups (broad SMARTS) is 1. The Balaban J connectivity index is 3.73. The van der Waals surface area contributed by atoms with E-state index in [-0.39, 0.29) is 0 Å². The topological polar surface area (TPSA) is 117 Å². The summed E-state index contributed by atoms with van der Waals surface area (Å²) < 4.78 is 25.2. The number of rotatable bonds is 3. The van der Waals surface area contributed by atoms with Crippen molar-refractivity contribution in [2.45, 2.75) is 6.43 Å². The first-order chi connectivity index (χ1) is 7.90. The van der Waals surface area contributed by atoms with Crippen LogP contribution in [0.2, 0.25) is 0 Å². The molecule has 0 aliphatic heterocycles. The van der Waals surface area contributed by atoms with Gasteiger partial charge in [-0.05, 0) is 9.91 Å². The molecule has 0 unspecified atom stereocenters. The van der Waals surface area contributed by atoms with Crippen molar-refractivity contribution in [3.05, 3.63) is 33.0 Å². The number of carbonyl (C=O) groups is 1. The molecule has 9 heteroatoms. The first kappa shape index (κ1) is 12.4. The normalized spacial score (nSPS) is 10.0. The number of hydrogen-bond donors (Lipinski definition) is 1. The Labute approximate surface area is 92.1 Å². The average molecular weight is 243 g/mol. The summed E-state index contributed by atoms with van der Waals surface area (Å²) in [7, 11) is 0. The molecule has 1 heterocycles. The number of pyridine rings is 1. The molecule has 1 N–H and O–H groups in total. The Morgan fingerprint density at radius 3 is 2.59 bits per heavy atom. The lowest BCUT2D eigenvalue weighted by Gasteiger charge is -2.05. The number of nitriles is 1. The van der Waals surface area contributed by atoms with Crippen molar-refractivity contribution in [3.8, 4) is 6.07 Å². The van der Waals surface area contributed by atoms with Gasteiger partial charge >= 0.3 is 11.8 Å². The molecule has 0 atom stereocenters. The van der Waals surface area contributed by atoms with Gasteiger partial charge in [-0.3, -0.25) is 0 Å². The average Bonchev–Trinajstić information content (AvgIpc) is 2.26. The molecule has 1 aromatic rings. The van der Waals surface area contributed by atoms with Gasteiger partial charge in [-0.15, -0.1) is 0 Å². The molecule has 1 aromatic heterocycles. The number of aromatic nitrogens is 1. The lowest BCUT2D eigenvalue weighted by atomic mass is 10.0. The molecular weight excluding hydrogens is 240 g/mol. The lowest BCUT2D eigenvalue weighted by molar-refractivity contribution is -0.391. The predicted molar refractivity (Wildman–Crippen MR) is 47.5 cm³/mol. The van der Waals surface area contributed by atoms with E-state index in [9.17, 15) is 23.7 Å². The highest BCUT2D eigenvalue weighted by atomic mass is 19.3. The van der Waals surface area contributed by atoms with Crippen LogP contribution in [0.5, 0.6) is 0 Å². The molecule has 0 amide bonds. The van der Waals surface area contributed by atoms with Crippen molar-refractivity contribution in [1.82, 2.24) is 4.98 Å². The molecule has 0 bridgehead atoms. The highest BCUT2D eigenvalue weighted by Crippen LogP contribution is 2.32. The van der Waals surface area contributed by atoms with E-state index in [4.69, 9.17) is 10.4 Å². The zero-order valence-electron chi connectivity index (χ0n) is 7.92. The van der Waals surface area contributed by atoms with Crippen LogP contribution >= 0.6 is 0 Å².